The third-order valence-corrected chi connectivity index (χ3v) is 5.31. The van der Waals surface area contributed by atoms with Crippen LogP contribution >= 0.6 is 0 Å². The van der Waals surface area contributed by atoms with Gasteiger partial charge < -0.3 is 13.8 Å². The first-order chi connectivity index (χ1) is 14.7. The predicted octanol–water partition coefficient (Wildman–Crippen LogP) is 4.64. The predicted molar refractivity (Wildman–Crippen MR) is 121 cm³/mol. The molecule has 0 saturated carbocycles. The third-order valence-electron chi connectivity index (χ3n) is 4.84. The molecule has 0 amide bonds. The van der Waals surface area contributed by atoms with Crippen LogP contribution in [0.1, 0.15) is 24.0 Å². The van der Waals surface area contributed by atoms with Crippen LogP contribution in [0.25, 0.3) is 0 Å². The van der Waals surface area contributed by atoms with E-state index < -0.39 is 22.0 Å². The third kappa shape index (κ3) is 6.33. The molecule has 0 N–H and O–H groups in total. The van der Waals surface area contributed by atoms with Crippen molar-refractivity contribution in [2.24, 2.45) is 0 Å². The highest BCUT2D eigenvalue weighted by Crippen LogP contribution is 2.28. The number of carbonyl (C=O) groups is 1. The van der Waals surface area contributed by atoms with E-state index in [1.54, 1.807) is 19.1 Å². The van der Waals surface area contributed by atoms with Gasteiger partial charge in [0.15, 0.2) is 0 Å². The van der Waals surface area contributed by atoms with Crippen molar-refractivity contribution in [1.29, 1.82) is 0 Å². The monoisotopic (exact) mass is 439 g/mol. The standard InChI is InChI=1S/C24H25NO5S/c1-18(24(26)30-31(3,27)28)20-9-11-21(12-10-20)25(2)22-13-15-23(16-14-22)29-17-19-7-5-4-6-8-19/h4-16,18H,17H2,1-3H3. The van der Waals surface area contributed by atoms with Crippen molar-refractivity contribution >= 4 is 27.5 Å². The summed E-state index contributed by atoms with van der Waals surface area (Å²) in [6.07, 6.45) is 0.855. The molecule has 31 heavy (non-hydrogen) atoms. The molecule has 0 spiro atoms. The fourth-order valence-corrected chi connectivity index (χ4v) is 3.44. The van der Waals surface area contributed by atoms with Gasteiger partial charge in [-0.3, -0.25) is 4.79 Å². The number of nitrogens with zero attached hydrogens (tertiary/aromatic N) is 1. The van der Waals surface area contributed by atoms with Crippen LogP contribution in [0.2, 0.25) is 0 Å². The van der Waals surface area contributed by atoms with Gasteiger partial charge in [0.1, 0.15) is 12.4 Å². The summed E-state index contributed by atoms with van der Waals surface area (Å²) in [4.78, 5) is 14.0. The smallest absolute Gasteiger partial charge is 0.329 e. The van der Waals surface area contributed by atoms with E-state index in [9.17, 15) is 13.2 Å². The second kappa shape index (κ2) is 9.66. The van der Waals surface area contributed by atoms with Crippen LogP contribution in [0.4, 0.5) is 11.4 Å². The molecular weight excluding hydrogens is 414 g/mol. The lowest BCUT2D eigenvalue weighted by Gasteiger charge is -2.21. The number of ether oxygens (including phenoxy) is 1. The van der Waals surface area contributed by atoms with Gasteiger partial charge >= 0.3 is 16.1 Å². The van der Waals surface area contributed by atoms with E-state index in [2.05, 4.69) is 4.18 Å². The molecular formula is C24H25NO5S. The zero-order valence-electron chi connectivity index (χ0n) is 17.7. The fraction of sp³-hybridized carbons (Fsp3) is 0.208. The first-order valence-corrected chi connectivity index (χ1v) is 11.6. The van der Waals surface area contributed by atoms with Crippen LogP contribution < -0.4 is 9.64 Å². The highest BCUT2D eigenvalue weighted by atomic mass is 32.2. The summed E-state index contributed by atoms with van der Waals surface area (Å²) in [5, 5.41) is 0. The van der Waals surface area contributed by atoms with Crippen molar-refractivity contribution in [3.8, 4) is 5.75 Å². The Morgan fingerprint density at radius 3 is 2.00 bits per heavy atom. The molecule has 0 bridgehead atoms. The van der Waals surface area contributed by atoms with E-state index >= 15 is 0 Å². The Morgan fingerprint density at radius 1 is 0.903 bits per heavy atom. The van der Waals surface area contributed by atoms with Gasteiger partial charge in [-0.2, -0.15) is 8.42 Å². The van der Waals surface area contributed by atoms with Gasteiger partial charge in [-0.25, -0.2) is 0 Å². The van der Waals surface area contributed by atoms with Gasteiger partial charge in [0.2, 0.25) is 0 Å². The Labute approximate surface area is 183 Å². The molecule has 0 aliphatic rings. The topological polar surface area (TPSA) is 72.9 Å². The maximum Gasteiger partial charge on any atom is 0.329 e. The molecule has 0 aliphatic carbocycles. The van der Waals surface area contributed by atoms with Crippen molar-refractivity contribution in [3.63, 3.8) is 0 Å². The fourth-order valence-electron chi connectivity index (χ4n) is 3.00. The summed E-state index contributed by atoms with van der Waals surface area (Å²) in [5.41, 5.74) is 3.68. The maximum atomic E-state index is 12.0. The molecule has 0 radical (unpaired) electrons. The van der Waals surface area contributed by atoms with E-state index in [0.29, 0.717) is 12.2 Å². The van der Waals surface area contributed by atoms with E-state index in [1.165, 1.54) is 0 Å². The van der Waals surface area contributed by atoms with E-state index in [-0.39, 0.29) is 0 Å². The molecule has 0 fully saturated rings. The van der Waals surface area contributed by atoms with Crippen LogP contribution in [-0.2, 0) is 25.7 Å². The summed E-state index contributed by atoms with van der Waals surface area (Å²) < 4.78 is 32.6. The number of anilines is 2. The van der Waals surface area contributed by atoms with E-state index in [4.69, 9.17) is 4.74 Å². The minimum Gasteiger partial charge on any atom is -0.489 e. The van der Waals surface area contributed by atoms with Crippen molar-refractivity contribution < 1.29 is 22.1 Å². The molecule has 0 aromatic heterocycles. The molecule has 0 saturated heterocycles. The van der Waals surface area contributed by atoms with Gasteiger partial charge in [-0.1, -0.05) is 42.5 Å². The van der Waals surface area contributed by atoms with Crippen molar-refractivity contribution in [2.45, 2.75) is 19.4 Å². The second-order valence-corrected chi connectivity index (χ2v) is 8.82. The number of benzene rings is 3. The lowest BCUT2D eigenvalue weighted by atomic mass is 10.0. The largest absolute Gasteiger partial charge is 0.489 e. The summed E-state index contributed by atoms with van der Waals surface area (Å²) >= 11 is 0. The van der Waals surface area contributed by atoms with Crippen LogP contribution in [-0.4, -0.2) is 27.7 Å². The Balaban J connectivity index is 1.63. The number of hydrogen-bond acceptors (Lipinski definition) is 6. The van der Waals surface area contributed by atoms with Crippen LogP contribution in [0.3, 0.4) is 0 Å². The molecule has 7 heteroatoms. The number of hydrogen-bond donors (Lipinski definition) is 0. The van der Waals surface area contributed by atoms with Crippen molar-refractivity contribution in [2.75, 3.05) is 18.2 Å². The van der Waals surface area contributed by atoms with Crippen LogP contribution in [0, 0.1) is 0 Å². The van der Waals surface area contributed by atoms with Crippen LogP contribution in [0.15, 0.2) is 78.9 Å². The summed E-state index contributed by atoms with van der Waals surface area (Å²) in [6, 6.07) is 25.1. The Morgan fingerprint density at radius 2 is 1.45 bits per heavy atom. The van der Waals surface area contributed by atoms with Crippen LogP contribution in [0.5, 0.6) is 5.75 Å². The molecule has 0 aliphatic heterocycles. The zero-order valence-corrected chi connectivity index (χ0v) is 18.5. The second-order valence-electron chi connectivity index (χ2n) is 7.25. The molecule has 3 aromatic carbocycles. The lowest BCUT2D eigenvalue weighted by Crippen LogP contribution is -2.17. The van der Waals surface area contributed by atoms with Gasteiger partial charge in [0.25, 0.3) is 0 Å². The molecule has 1 atom stereocenters. The highest BCUT2D eigenvalue weighted by molar-refractivity contribution is 7.86. The molecule has 6 nitrogen and oxygen atoms in total. The Kier molecular flexibility index (Phi) is 6.97. The van der Waals surface area contributed by atoms with E-state index in [0.717, 1.165) is 28.9 Å². The molecule has 3 rings (SSSR count). The van der Waals surface area contributed by atoms with Gasteiger partial charge in [0, 0.05) is 18.4 Å². The van der Waals surface area contributed by atoms with Gasteiger partial charge in [-0.15, -0.1) is 0 Å². The average Bonchev–Trinajstić information content (AvgIpc) is 2.77. The van der Waals surface area contributed by atoms with Gasteiger partial charge in [-0.05, 0) is 54.4 Å². The Bertz CT molecular complexity index is 1110. The van der Waals surface area contributed by atoms with E-state index in [1.807, 2.05) is 78.7 Å². The molecule has 1 unspecified atom stereocenters. The summed E-state index contributed by atoms with van der Waals surface area (Å²) in [5.74, 6) is -0.695. The minimum atomic E-state index is -3.83. The number of rotatable bonds is 8. The zero-order chi connectivity index (χ0) is 22.4. The average molecular weight is 440 g/mol. The summed E-state index contributed by atoms with van der Waals surface area (Å²) in [7, 11) is -1.89. The number of carbonyl (C=O) groups excluding carboxylic acids is 1. The van der Waals surface area contributed by atoms with Gasteiger partial charge in [0.05, 0.1) is 12.2 Å². The maximum absolute atomic E-state index is 12.0. The van der Waals surface area contributed by atoms with Crippen molar-refractivity contribution in [1.82, 2.24) is 0 Å². The first kappa shape index (κ1) is 22.4. The highest BCUT2D eigenvalue weighted by Gasteiger charge is 2.21. The van der Waals surface area contributed by atoms with Crippen molar-refractivity contribution in [3.05, 3.63) is 90.0 Å². The molecule has 0 heterocycles. The quantitative estimate of drug-likeness (QED) is 0.476. The first-order valence-electron chi connectivity index (χ1n) is 9.77. The Hall–Kier alpha value is -3.32. The normalized spacial score (nSPS) is 12.1. The minimum absolute atomic E-state index is 0.511. The molecule has 162 valence electrons. The summed E-state index contributed by atoms with van der Waals surface area (Å²) in [6.45, 7) is 2.12. The SMILES string of the molecule is CC(C(=O)OS(C)(=O)=O)c1ccc(N(C)c2ccc(OCc3ccccc3)cc2)cc1. The lowest BCUT2D eigenvalue weighted by molar-refractivity contribution is -0.135. The molecule has 3 aromatic rings.